The molecule has 106 valence electrons. The molecule has 0 bridgehead atoms. The minimum Gasteiger partial charge on any atom is -0.478 e. The van der Waals surface area contributed by atoms with Gasteiger partial charge in [-0.15, -0.1) is 4.91 Å². The van der Waals surface area contributed by atoms with Crippen molar-refractivity contribution >= 4 is 11.9 Å². The van der Waals surface area contributed by atoms with Gasteiger partial charge in [0.25, 0.3) is 0 Å². The highest BCUT2D eigenvalue weighted by Gasteiger charge is 2.13. The van der Waals surface area contributed by atoms with Crippen molar-refractivity contribution in [3.63, 3.8) is 0 Å². The van der Waals surface area contributed by atoms with Crippen LogP contribution in [0.4, 0.5) is 0 Å². The quantitative estimate of drug-likeness (QED) is 0.872. The Morgan fingerprint density at radius 2 is 1.38 bits per heavy atom. The first-order valence-corrected chi connectivity index (χ1v) is 6.26. The predicted molar refractivity (Wildman–Crippen MR) is 78.4 cm³/mol. The maximum atomic E-state index is 11.5. The van der Waals surface area contributed by atoms with E-state index in [-0.39, 0.29) is 11.1 Å². The molecule has 0 unspecified atom stereocenters. The van der Waals surface area contributed by atoms with Crippen LogP contribution in [0.15, 0.2) is 41.6 Å². The largest absolute Gasteiger partial charge is 0.478 e. The number of nitrogens with zero attached hydrogens (tertiary/aromatic N) is 1. The second-order valence-electron chi connectivity index (χ2n) is 4.76. The average Bonchev–Trinajstić information content (AvgIpc) is 2.47. The SMILES string of the molecule is Cc1ccc(-c2ccc(C)c(C(=O)N=O)c2)cc1C(=O)O. The first-order chi connectivity index (χ1) is 9.93. The monoisotopic (exact) mass is 283 g/mol. The Hall–Kier alpha value is -2.82. The van der Waals surface area contributed by atoms with E-state index in [2.05, 4.69) is 5.18 Å². The number of carboxylic acids is 1. The molecule has 5 nitrogen and oxygen atoms in total. The fourth-order valence-electron chi connectivity index (χ4n) is 2.11. The normalized spacial score (nSPS) is 10.2. The molecule has 0 saturated heterocycles. The van der Waals surface area contributed by atoms with Crippen molar-refractivity contribution in [3.05, 3.63) is 63.6 Å². The second-order valence-corrected chi connectivity index (χ2v) is 4.76. The van der Waals surface area contributed by atoms with Crippen molar-refractivity contribution in [2.24, 2.45) is 5.18 Å². The number of aromatic carboxylic acids is 1. The summed E-state index contributed by atoms with van der Waals surface area (Å²) >= 11 is 0. The van der Waals surface area contributed by atoms with Crippen LogP contribution in [-0.4, -0.2) is 17.0 Å². The minimum atomic E-state index is -1.01. The zero-order chi connectivity index (χ0) is 15.6. The van der Waals surface area contributed by atoms with Crippen LogP contribution >= 0.6 is 0 Å². The summed E-state index contributed by atoms with van der Waals surface area (Å²) in [6.07, 6.45) is 0. The van der Waals surface area contributed by atoms with E-state index in [1.54, 1.807) is 50.2 Å². The van der Waals surface area contributed by atoms with Gasteiger partial charge >= 0.3 is 11.9 Å². The maximum Gasteiger partial charge on any atom is 0.335 e. The highest BCUT2D eigenvalue weighted by Crippen LogP contribution is 2.25. The molecule has 2 rings (SSSR count). The summed E-state index contributed by atoms with van der Waals surface area (Å²) in [5.74, 6) is -1.84. The van der Waals surface area contributed by atoms with Gasteiger partial charge in [-0.05, 0) is 48.2 Å². The number of benzene rings is 2. The molecule has 0 aliphatic heterocycles. The number of hydrogen-bond donors (Lipinski definition) is 1. The number of rotatable bonds is 3. The molecule has 1 N–H and O–H groups in total. The molecule has 5 heteroatoms. The Morgan fingerprint density at radius 1 is 0.905 bits per heavy atom. The van der Waals surface area contributed by atoms with Crippen LogP contribution in [-0.2, 0) is 0 Å². The van der Waals surface area contributed by atoms with Gasteiger partial charge in [-0.25, -0.2) is 4.79 Å². The fraction of sp³-hybridized carbons (Fsp3) is 0.125. The van der Waals surface area contributed by atoms with E-state index in [4.69, 9.17) is 5.11 Å². The molecule has 0 fully saturated rings. The number of aryl methyl sites for hydroxylation is 2. The Kier molecular flexibility index (Phi) is 3.93. The first kappa shape index (κ1) is 14.6. The van der Waals surface area contributed by atoms with E-state index in [9.17, 15) is 14.5 Å². The van der Waals surface area contributed by atoms with Gasteiger partial charge in [0.1, 0.15) is 0 Å². The smallest absolute Gasteiger partial charge is 0.335 e. The summed E-state index contributed by atoms with van der Waals surface area (Å²) in [6.45, 7) is 3.42. The van der Waals surface area contributed by atoms with E-state index >= 15 is 0 Å². The molecule has 2 aromatic carbocycles. The number of carbonyl (C=O) groups excluding carboxylic acids is 1. The summed E-state index contributed by atoms with van der Waals surface area (Å²) in [5.41, 5.74) is 3.06. The molecule has 0 aromatic heterocycles. The van der Waals surface area contributed by atoms with Crippen molar-refractivity contribution in [3.8, 4) is 11.1 Å². The number of nitroso groups, excluding NO2 is 1. The third kappa shape index (κ3) is 2.86. The molecule has 21 heavy (non-hydrogen) atoms. The third-order valence-corrected chi connectivity index (χ3v) is 3.35. The Balaban J connectivity index is 2.57. The third-order valence-electron chi connectivity index (χ3n) is 3.35. The van der Waals surface area contributed by atoms with Gasteiger partial charge in [-0.2, -0.15) is 0 Å². The van der Waals surface area contributed by atoms with Crippen LogP contribution in [0.5, 0.6) is 0 Å². The van der Waals surface area contributed by atoms with Gasteiger partial charge in [0.2, 0.25) is 0 Å². The highest BCUT2D eigenvalue weighted by molar-refractivity contribution is 5.97. The molecule has 0 radical (unpaired) electrons. The van der Waals surface area contributed by atoms with Gasteiger partial charge in [0, 0.05) is 10.7 Å². The summed E-state index contributed by atoms with van der Waals surface area (Å²) in [4.78, 5) is 33.1. The molecule has 0 heterocycles. The van der Waals surface area contributed by atoms with E-state index in [0.717, 1.165) is 0 Å². The van der Waals surface area contributed by atoms with E-state index < -0.39 is 11.9 Å². The van der Waals surface area contributed by atoms with Crippen LogP contribution in [0.1, 0.15) is 31.8 Å². The standard InChI is InChI=1S/C16H13NO4/c1-9-3-5-11(7-13(9)15(18)17-21)12-6-4-10(2)14(8-12)16(19)20/h3-8H,1-2H3,(H,19,20). The summed E-state index contributed by atoms with van der Waals surface area (Å²) < 4.78 is 0. The van der Waals surface area contributed by atoms with Crippen molar-refractivity contribution < 1.29 is 14.7 Å². The Labute approximate surface area is 121 Å². The van der Waals surface area contributed by atoms with E-state index in [1.165, 1.54) is 0 Å². The van der Waals surface area contributed by atoms with Crippen molar-refractivity contribution in [1.82, 2.24) is 0 Å². The zero-order valence-corrected chi connectivity index (χ0v) is 11.6. The van der Waals surface area contributed by atoms with Crippen LogP contribution in [0, 0.1) is 18.8 Å². The summed E-state index contributed by atoms with van der Waals surface area (Å²) in [5, 5.41) is 11.6. The lowest BCUT2D eigenvalue weighted by Gasteiger charge is -2.08. The minimum absolute atomic E-state index is 0.203. The average molecular weight is 283 g/mol. The van der Waals surface area contributed by atoms with Crippen LogP contribution < -0.4 is 0 Å². The number of carboxylic acid groups (broad SMARTS) is 1. The van der Waals surface area contributed by atoms with Gasteiger partial charge in [0.05, 0.1) is 5.56 Å². The fourth-order valence-corrected chi connectivity index (χ4v) is 2.11. The van der Waals surface area contributed by atoms with Gasteiger partial charge in [0.15, 0.2) is 0 Å². The van der Waals surface area contributed by atoms with E-state index in [1.807, 2.05) is 0 Å². The first-order valence-electron chi connectivity index (χ1n) is 6.26. The number of hydrogen-bond acceptors (Lipinski definition) is 3. The van der Waals surface area contributed by atoms with Crippen molar-refractivity contribution in [2.45, 2.75) is 13.8 Å². The van der Waals surface area contributed by atoms with Gasteiger partial charge in [-0.1, -0.05) is 24.3 Å². The zero-order valence-electron chi connectivity index (χ0n) is 11.6. The van der Waals surface area contributed by atoms with Crippen LogP contribution in [0.25, 0.3) is 11.1 Å². The lowest BCUT2D eigenvalue weighted by atomic mass is 9.96. The summed E-state index contributed by atoms with van der Waals surface area (Å²) in [6, 6.07) is 10.1. The van der Waals surface area contributed by atoms with Gasteiger partial charge in [-0.3, -0.25) is 4.79 Å². The number of amides is 1. The topological polar surface area (TPSA) is 83.8 Å². The molecule has 0 aliphatic carbocycles. The van der Waals surface area contributed by atoms with Crippen molar-refractivity contribution in [2.75, 3.05) is 0 Å². The maximum absolute atomic E-state index is 11.5. The molecule has 1 amide bonds. The highest BCUT2D eigenvalue weighted by atomic mass is 16.4. The second kappa shape index (κ2) is 5.66. The molecular formula is C16H13NO4. The lowest BCUT2D eigenvalue weighted by Crippen LogP contribution is -2.01. The van der Waals surface area contributed by atoms with Crippen molar-refractivity contribution in [1.29, 1.82) is 0 Å². The van der Waals surface area contributed by atoms with Crippen LogP contribution in [0.3, 0.4) is 0 Å². The van der Waals surface area contributed by atoms with Crippen LogP contribution in [0.2, 0.25) is 0 Å². The lowest BCUT2D eigenvalue weighted by molar-refractivity contribution is 0.0696. The molecule has 0 aliphatic rings. The Bertz CT molecular complexity index is 750. The van der Waals surface area contributed by atoms with Gasteiger partial charge < -0.3 is 5.11 Å². The molecule has 2 aromatic rings. The molecule has 0 saturated carbocycles. The Morgan fingerprint density at radius 3 is 1.86 bits per heavy atom. The molecular weight excluding hydrogens is 270 g/mol. The van der Waals surface area contributed by atoms with E-state index in [0.29, 0.717) is 22.3 Å². The number of carbonyl (C=O) groups is 2. The molecule has 0 spiro atoms. The summed E-state index contributed by atoms with van der Waals surface area (Å²) in [7, 11) is 0. The predicted octanol–water partition coefficient (Wildman–Crippen LogP) is 3.58. The molecule has 0 atom stereocenters.